The summed E-state index contributed by atoms with van der Waals surface area (Å²) in [5.74, 6) is -0.244. The largest absolute Gasteiger partial charge is 0.433 e. The fourth-order valence-electron chi connectivity index (χ4n) is 1.46. The van der Waals surface area contributed by atoms with Crippen molar-refractivity contribution >= 4 is 29.2 Å². The van der Waals surface area contributed by atoms with E-state index in [0.717, 1.165) is 0 Å². The highest BCUT2D eigenvalue weighted by Crippen LogP contribution is 2.33. The molecule has 0 spiro atoms. The Morgan fingerprint density at radius 2 is 2.10 bits per heavy atom. The Hall–Kier alpha value is -1.31. The maximum atomic E-state index is 12.4. The van der Waals surface area contributed by atoms with Gasteiger partial charge in [-0.2, -0.15) is 8.78 Å². The van der Waals surface area contributed by atoms with Crippen LogP contribution in [0.3, 0.4) is 0 Å². The SMILES string of the molecule is CC(CO)NC(=O)NCc1cc(Cl)cc(Cl)c1OC(F)F. The lowest BCUT2D eigenvalue weighted by Crippen LogP contribution is -2.42. The summed E-state index contributed by atoms with van der Waals surface area (Å²) in [7, 11) is 0. The van der Waals surface area contributed by atoms with E-state index in [1.165, 1.54) is 12.1 Å². The zero-order valence-corrected chi connectivity index (χ0v) is 12.5. The molecule has 0 aliphatic carbocycles. The van der Waals surface area contributed by atoms with Crippen molar-refractivity contribution in [2.24, 2.45) is 0 Å². The molecule has 0 aromatic heterocycles. The molecule has 3 N–H and O–H groups in total. The number of aliphatic hydroxyl groups is 1. The van der Waals surface area contributed by atoms with E-state index in [1.807, 2.05) is 0 Å². The molecule has 0 saturated carbocycles. The van der Waals surface area contributed by atoms with Crippen LogP contribution >= 0.6 is 23.2 Å². The van der Waals surface area contributed by atoms with Gasteiger partial charge < -0.3 is 20.5 Å². The number of carbonyl (C=O) groups excluding carboxylic acids is 1. The molecule has 1 atom stereocenters. The van der Waals surface area contributed by atoms with Crippen molar-refractivity contribution in [1.82, 2.24) is 10.6 Å². The van der Waals surface area contributed by atoms with Gasteiger partial charge in [-0.15, -0.1) is 0 Å². The second-order valence-electron chi connectivity index (χ2n) is 4.17. The third-order valence-electron chi connectivity index (χ3n) is 2.38. The van der Waals surface area contributed by atoms with Crippen LogP contribution in [0.4, 0.5) is 13.6 Å². The first-order chi connectivity index (χ1) is 9.83. The van der Waals surface area contributed by atoms with Crippen LogP contribution in [0.5, 0.6) is 5.75 Å². The van der Waals surface area contributed by atoms with Gasteiger partial charge >= 0.3 is 12.6 Å². The number of alkyl halides is 2. The zero-order valence-electron chi connectivity index (χ0n) is 11.0. The first-order valence-electron chi connectivity index (χ1n) is 5.91. The van der Waals surface area contributed by atoms with Crippen LogP contribution in [0.1, 0.15) is 12.5 Å². The van der Waals surface area contributed by atoms with E-state index < -0.39 is 18.7 Å². The minimum Gasteiger partial charge on any atom is -0.433 e. The van der Waals surface area contributed by atoms with E-state index in [0.29, 0.717) is 0 Å². The van der Waals surface area contributed by atoms with E-state index in [4.69, 9.17) is 28.3 Å². The minimum atomic E-state index is -3.05. The Morgan fingerprint density at radius 1 is 1.43 bits per heavy atom. The molecule has 1 rings (SSSR count). The summed E-state index contributed by atoms with van der Waals surface area (Å²) in [6.45, 7) is -1.80. The lowest BCUT2D eigenvalue weighted by molar-refractivity contribution is -0.0504. The predicted molar refractivity (Wildman–Crippen MR) is 75.0 cm³/mol. The van der Waals surface area contributed by atoms with Crippen LogP contribution in [0, 0.1) is 0 Å². The Labute approximate surface area is 130 Å². The zero-order chi connectivity index (χ0) is 16.0. The molecule has 2 amide bonds. The molecule has 1 unspecified atom stereocenters. The molecule has 1 aromatic carbocycles. The number of nitrogens with one attached hydrogen (secondary N) is 2. The van der Waals surface area contributed by atoms with Gasteiger partial charge in [0.15, 0.2) is 0 Å². The number of rotatable bonds is 6. The number of ether oxygens (including phenoxy) is 1. The number of aliphatic hydroxyl groups excluding tert-OH is 1. The normalized spacial score (nSPS) is 12.1. The number of carbonyl (C=O) groups is 1. The summed E-state index contributed by atoms with van der Waals surface area (Å²) in [6.07, 6.45) is 0. The molecule has 0 radical (unpaired) electrons. The molecular formula is C12H14Cl2F2N2O3. The molecule has 118 valence electrons. The summed E-state index contributed by atoms with van der Waals surface area (Å²) >= 11 is 11.6. The minimum absolute atomic E-state index is 0.0799. The highest BCUT2D eigenvalue weighted by Gasteiger charge is 2.16. The summed E-state index contributed by atoms with van der Waals surface area (Å²) in [6, 6.07) is 1.61. The molecule has 0 bridgehead atoms. The second kappa shape index (κ2) is 8.21. The van der Waals surface area contributed by atoms with Crippen LogP contribution in [-0.4, -0.2) is 30.4 Å². The highest BCUT2D eigenvalue weighted by atomic mass is 35.5. The van der Waals surface area contributed by atoms with Crippen LogP contribution < -0.4 is 15.4 Å². The van der Waals surface area contributed by atoms with Gasteiger partial charge in [-0.25, -0.2) is 4.79 Å². The van der Waals surface area contributed by atoms with Gasteiger partial charge in [0.25, 0.3) is 0 Å². The monoisotopic (exact) mass is 342 g/mol. The Balaban J connectivity index is 2.79. The molecule has 21 heavy (non-hydrogen) atoms. The van der Waals surface area contributed by atoms with E-state index >= 15 is 0 Å². The van der Waals surface area contributed by atoms with Gasteiger partial charge in [-0.05, 0) is 19.1 Å². The van der Waals surface area contributed by atoms with Crippen molar-refractivity contribution < 1.29 is 23.4 Å². The molecule has 5 nitrogen and oxygen atoms in total. The third-order valence-corrected chi connectivity index (χ3v) is 2.88. The Kier molecular flexibility index (Phi) is 6.94. The lowest BCUT2D eigenvalue weighted by Gasteiger charge is -2.15. The first kappa shape index (κ1) is 17.7. The quantitative estimate of drug-likeness (QED) is 0.744. The summed E-state index contributed by atoms with van der Waals surface area (Å²) in [5.41, 5.74) is 0.208. The maximum absolute atomic E-state index is 12.4. The summed E-state index contributed by atoms with van der Waals surface area (Å²) < 4.78 is 29.0. The van der Waals surface area contributed by atoms with Gasteiger partial charge in [-0.3, -0.25) is 0 Å². The van der Waals surface area contributed by atoms with E-state index in [-0.39, 0.29) is 34.5 Å². The number of urea groups is 1. The van der Waals surface area contributed by atoms with Crippen molar-refractivity contribution in [3.63, 3.8) is 0 Å². The van der Waals surface area contributed by atoms with Crippen LogP contribution in [-0.2, 0) is 6.54 Å². The maximum Gasteiger partial charge on any atom is 0.387 e. The van der Waals surface area contributed by atoms with Crippen molar-refractivity contribution in [2.75, 3.05) is 6.61 Å². The van der Waals surface area contributed by atoms with Gasteiger partial charge in [0.1, 0.15) is 5.75 Å². The highest BCUT2D eigenvalue weighted by molar-refractivity contribution is 6.35. The third kappa shape index (κ3) is 5.91. The lowest BCUT2D eigenvalue weighted by atomic mass is 10.2. The fourth-order valence-corrected chi connectivity index (χ4v) is 2.04. The van der Waals surface area contributed by atoms with Crippen molar-refractivity contribution in [2.45, 2.75) is 26.1 Å². The summed E-state index contributed by atoms with van der Waals surface area (Å²) in [4.78, 5) is 11.5. The topological polar surface area (TPSA) is 70.6 Å². The molecular weight excluding hydrogens is 329 g/mol. The van der Waals surface area contributed by atoms with Crippen molar-refractivity contribution in [3.8, 4) is 5.75 Å². The van der Waals surface area contributed by atoms with Crippen LogP contribution in [0.25, 0.3) is 0 Å². The van der Waals surface area contributed by atoms with E-state index in [1.54, 1.807) is 6.92 Å². The molecule has 0 saturated heterocycles. The van der Waals surface area contributed by atoms with E-state index in [9.17, 15) is 13.6 Å². The predicted octanol–water partition coefficient (Wildman–Crippen LogP) is 2.77. The number of hydrogen-bond donors (Lipinski definition) is 3. The number of hydrogen-bond acceptors (Lipinski definition) is 3. The van der Waals surface area contributed by atoms with Crippen molar-refractivity contribution in [1.29, 1.82) is 0 Å². The number of benzene rings is 1. The van der Waals surface area contributed by atoms with Gasteiger partial charge in [-0.1, -0.05) is 23.2 Å². The first-order valence-corrected chi connectivity index (χ1v) is 6.67. The fraction of sp³-hybridized carbons (Fsp3) is 0.417. The smallest absolute Gasteiger partial charge is 0.387 e. The van der Waals surface area contributed by atoms with E-state index in [2.05, 4.69) is 15.4 Å². The average Bonchev–Trinajstić information content (AvgIpc) is 2.39. The molecule has 9 heteroatoms. The Bertz CT molecular complexity index is 504. The van der Waals surface area contributed by atoms with Gasteiger partial charge in [0.05, 0.1) is 17.7 Å². The van der Waals surface area contributed by atoms with Gasteiger partial charge in [0.2, 0.25) is 0 Å². The summed E-state index contributed by atoms with van der Waals surface area (Å²) in [5, 5.41) is 13.8. The number of halogens is 4. The van der Waals surface area contributed by atoms with Gasteiger partial charge in [0, 0.05) is 17.1 Å². The second-order valence-corrected chi connectivity index (χ2v) is 5.01. The average molecular weight is 343 g/mol. The molecule has 1 aromatic rings. The Morgan fingerprint density at radius 3 is 2.67 bits per heavy atom. The van der Waals surface area contributed by atoms with Crippen molar-refractivity contribution in [3.05, 3.63) is 27.7 Å². The van der Waals surface area contributed by atoms with Crippen LogP contribution in [0.2, 0.25) is 10.0 Å². The number of amides is 2. The molecule has 0 aliphatic heterocycles. The molecule has 0 heterocycles. The molecule has 0 aliphatic rings. The standard InChI is InChI=1S/C12H14Cl2F2N2O3/c1-6(5-19)18-12(20)17-4-7-2-8(13)3-9(14)10(7)21-11(15)16/h2-3,6,11,19H,4-5H2,1H3,(H2,17,18,20). The molecule has 0 fully saturated rings. The van der Waals surface area contributed by atoms with Crippen LogP contribution in [0.15, 0.2) is 12.1 Å².